The number of rotatable bonds is 7. The van der Waals surface area contributed by atoms with Crippen molar-refractivity contribution in [2.75, 3.05) is 26.2 Å². The van der Waals surface area contributed by atoms with Crippen molar-refractivity contribution in [3.63, 3.8) is 0 Å². The lowest BCUT2D eigenvalue weighted by Crippen LogP contribution is -2.39. The molecule has 1 aliphatic rings. The summed E-state index contributed by atoms with van der Waals surface area (Å²) in [4.78, 5) is 12.9. The third-order valence-corrected chi connectivity index (χ3v) is 5.58. The maximum atomic E-state index is 10.8. The van der Waals surface area contributed by atoms with Gasteiger partial charge < -0.3 is 9.84 Å². The van der Waals surface area contributed by atoms with Crippen LogP contribution in [0.2, 0.25) is 10.0 Å². The van der Waals surface area contributed by atoms with Gasteiger partial charge in [0.15, 0.2) is 0 Å². The van der Waals surface area contributed by atoms with Gasteiger partial charge in [-0.3, -0.25) is 9.69 Å². The highest BCUT2D eigenvalue weighted by Gasteiger charge is 2.22. The number of aryl methyl sites for hydroxylation is 1. The van der Waals surface area contributed by atoms with Crippen molar-refractivity contribution in [1.82, 2.24) is 4.90 Å². The van der Waals surface area contributed by atoms with Crippen molar-refractivity contribution in [3.8, 4) is 0 Å². The van der Waals surface area contributed by atoms with Gasteiger partial charge in [-0.15, -0.1) is 12.4 Å². The standard InChI is InChI=1S/C21H23Cl2NO3.ClH/c22-18-2-1-3-19(23)17(18)9-6-15-4-7-16(8-5-15)20-14-24(12-13-27-20)11-10-21(25)26;/h1-5,7-8,20H,6,9-14H2,(H,25,26);1H. The van der Waals surface area contributed by atoms with Crippen LogP contribution in [0.4, 0.5) is 0 Å². The summed E-state index contributed by atoms with van der Waals surface area (Å²) in [5.74, 6) is -0.763. The van der Waals surface area contributed by atoms with Crippen LogP contribution in [0, 0.1) is 0 Å². The highest BCUT2D eigenvalue weighted by Crippen LogP contribution is 2.27. The molecule has 1 saturated heterocycles. The lowest BCUT2D eigenvalue weighted by molar-refractivity contribution is -0.137. The largest absolute Gasteiger partial charge is 0.481 e. The third kappa shape index (κ3) is 6.36. The zero-order valence-electron chi connectivity index (χ0n) is 15.4. The Labute approximate surface area is 181 Å². The van der Waals surface area contributed by atoms with Crippen molar-refractivity contribution >= 4 is 41.6 Å². The predicted molar refractivity (Wildman–Crippen MR) is 115 cm³/mol. The minimum Gasteiger partial charge on any atom is -0.481 e. The van der Waals surface area contributed by atoms with Crippen LogP contribution in [0.15, 0.2) is 42.5 Å². The number of carbonyl (C=O) groups is 1. The molecule has 0 radical (unpaired) electrons. The Morgan fingerprint density at radius 1 is 1.11 bits per heavy atom. The van der Waals surface area contributed by atoms with Crippen LogP contribution >= 0.6 is 35.6 Å². The highest BCUT2D eigenvalue weighted by atomic mass is 35.5. The Kier molecular flexibility index (Phi) is 9.06. The molecular formula is C21H24Cl3NO3. The fourth-order valence-electron chi connectivity index (χ4n) is 3.30. The molecule has 1 unspecified atom stereocenters. The van der Waals surface area contributed by atoms with Gasteiger partial charge in [0, 0.05) is 29.7 Å². The van der Waals surface area contributed by atoms with E-state index in [1.54, 1.807) is 0 Å². The number of aliphatic carboxylic acids is 1. The maximum absolute atomic E-state index is 10.8. The molecule has 2 aromatic rings. The van der Waals surface area contributed by atoms with Crippen molar-refractivity contribution in [1.29, 1.82) is 0 Å². The molecule has 2 aromatic carbocycles. The fraction of sp³-hybridized carbons (Fsp3) is 0.381. The zero-order valence-corrected chi connectivity index (χ0v) is 17.8. The maximum Gasteiger partial charge on any atom is 0.304 e. The van der Waals surface area contributed by atoms with Crippen LogP contribution in [0.1, 0.15) is 29.2 Å². The number of morpholine rings is 1. The van der Waals surface area contributed by atoms with Crippen LogP contribution in [-0.4, -0.2) is 42.2 Å². The van der Waals surface area contributed by atoms with Crippen molar-refractivity contribution < 1.29 is 14.6 Å². The van der Waals surface area contributed by atoms with Gasteiger partial charge in [-0.25, -0.2) is 0 Å². The summed E-state index contributed by atoms with van der Waals surface area (Å²) in [5, 5.41) is 10.3. The lowest BCUT2D eigenvalue weighted by atomic mass is 10.0. The monoisotopic (exact) mass is 443 g/mol. The number of ether oxygens (including phenoxy) is 1. The smallest absolute Gasteiger partial charge is 0.304 e. The predicted octanol–water partition coefficient (Wildman–Crippen LogP) is 5.05. The van der Waals surface area contributed by atoms with E-state index in [4.69, 9.17) is 33.0 Å². The molecule has 152 valence electrons. The van der Waals surface area contributed by atoms with Crippen molar-refractivity contribution in [2.24, 2.45) is 0 Å². The molecule has 1 atom stereocenters. The van der Waals surface area contributed by atoms with Crippen LogP contribution in [-0.2, 0) is 22.4 Å². The Hall–Kier alpha value is -1.30. The molecule has 0 aromatic heterocycles. The van der Waals surface area contributed by atoms with E-state index in [0.717, 1.165) is 37.1 Å². The lowest BCUT2D eigenvalue weighted by Gasteiger charge is -2.32. The molecular weight excluding hydrogens is 421 g/mol. The number of nitrogens with zero attached hydrogens (tertiary/aromatic N) is 1. The van der Waals surface area contributed by atoms with E-state index in [-0.39, 0.29) is 24.9 Å². The average molecular weight is 445 g/mol. The molecule has 4 nitrogen and oxygen atoms in total. The van der Waals surface area contributed by atoms with Gasteiger partial charge in [0.05, 0.1) is 19.1 Å². The van der Waals surface area contributed by atoms with E-state index in [1.807, 2.05) is 18.2 Å². The molecule has 28 heavy (non-hydrogen) atoms. The summed E-state index contributed by atoms with van der Waals surface area (Å²) in [5.41, 5.74) is 3.32. The first kappa shape index (κ1) is 23.0. The zero-order chi connectivity index (χ0) is 19.2. The first-order valence-corrected chi connectivity index (χ1v) is 9.86. The van der Waals surface area contributed by atoms with E-state index in [0.29, 0.717) is 23.2 Å². The molecule has 0 spiro atoms. The minimum atomic E-state index is -0.763. The average Bonchev–Trinajstić information content (AvgIpc) is 2.67. The molecule has 0 amide bonds. The van der Waals surface area contributed by atoms with Gasteiger partial charge in [0.1, 0.15) is 0 Å². The van der Waals surface area contributed by atoms with Gasteiger partial charge in [-0.05, 0) is 41.7 Å². The Bertz CT molecular complexity index is 763. The van der Waals surface area contributed by atoms with Crippen molar-refractivity contribution in [3.05, 3.63) is 69.2 Å². The molecule has 1 heterocycles. The third-order valence-electron chi connectivity index (χ3n) is 4.87. The summed E-state index contributed by atoms with van der Waals surface area (Å²) < 4.78 is 5.88. The summed E-state index contributed by atoms with van der Waals surface area (Å²) in [7, 11) is 0. The topological polar surface area (TPSA) is 49.8 Å². The molecule has 1 fully saturated rings. The minimum absolute atomic E-state index is 0. The van der Waals surface area contributed by atoms with Crippen LogP contribution in [0.5, 0.6) is 0 Å². The Morgan fingerprint density at radius 2 is 1.79 bits per heavy atom. The van der Waals surface area contributed by atoms with E-state index in [1.165, 1.54) is 5.56 Å². The number of benzene rings is 2. The molecule has 0 saturated carbocycles. The van der Waals surface area contributed by atoms with E-state index in [9.17, 15) is 4.79 Å². The van der Waals surface area contributed by atoms with Crippen LogP contribution in [0.25, 0.3) is 0 Å². The van der Waals surface area contributed by atoms with Gasteiger partial charge in [0.2, 0.25) is 0 Å². The van der Waals surface area contributed by atoms with Gasteiger partial charge >= 0.3 is 5.97 Å². The van der Waals surface area contributed by atoms with Gasteiger partial charge in [-0.1, -0.05) is 53.5 Å². The normalized spacial score (nSPS) is 17.1. The summed E-state index contributed by atoms with van der Waals surface area (Å²) in [6.07, 6.45) is 1.80. The first-order valence-electron chi connectivity index (χ1n) is 9.10. The molecule has 1 aliphatic heterocycles. The van der Waals surface area contributed by atoms with E-state index < -0.39 is 5.97 Å². The van der Waals surface area contributed by atoms with Crippen LogP contribution in [0.3, 0.4) is 0 Å². The number of hydrogen-bond acceptors (Lipinski definition) is 3. The highest BCUT2D eigenvalue weighted by molar-refractivity contribution is 6.35. The number of halogens is 3. The first-order chi connectivity index (χ1) is 13.0. The summed E-state index contributed by atoms with van der Waals surface area (Å²) >= 11 is 12.5. The quantitative estimate of drug-likeness (QED) is 0.649. The van der Waals surface area contributed by atoms with Gasteiger partial charge in [-0.2, -0.15) is 0 Å². The second-order valence-electron chi connectivity index (χ2n) is 6.75. The van der Waals surface area contributed by atoms with E-state index >= 15 is 0 Å². The molecule has 0 bridgehead atoms. The number of carboxylic acid groups (broad SMARTS) is 1. The number of hydrogen-bond donors (Lipinski definition) is 1. The SMILES string of the molecule is Cl.O=C(O)CCN1CCOC(c2ccc(CCc3c(Cl)cccc3Cl)cc2)C1. The Balaban J connectivity index is 0.00000280. The fourth-order valence-corrected chi connectivity index (χ4v) is 3.89. The molecule has 3 rings (SSSR count). The second kappa shape index (κ2) is 11.0. The summed E-state index contributed by atoms with van der Waals surface area (Å²) in [6.45, 7) is 2.69. The van der Waals surface area contributed by atoms with Crippen molar-refractivity contribution in [2.45, 2.75) is 25.4 Å². The summed E-state index contributed by atoms with van der Waals surface area (Å²) in [6, 6.07) is 14.0. The molecule has 7 heteroatoms. The molecule has 0 aliphatic carbocycles. The van der Waals surface area contributed by atoms with E-state index in [2.05, 4.69) is 29.2 Å². The van der Waals surface area contributed by atoms with Crippen LogP contribution < -0.4 is 0 Å². The molecule has 1 N–H and O–H groups in total. The second-order valence-corrected chi connectivity index (χ2v) is 7.56. The van der Waals surface area contributed by atoms with Gasteiger partial charge in [0.25, 0.3) is 0 Å². The number of carboxylic acids is 1. The Morgan fingerprint density at radius 3 is 2.43 bits per heavy atom.